The first-order chi connectivity index (χ1) is 2.00. The van der Waals surface area contributed by atoms with E-state index in [4.69, 9.17) is 17.1 Å². The summed E-state index contributed by atoms with van der Waals surface area (Å²) in [6, 6.07) is 0. The number of hydrogen-bond donors (Lipinski definition) is 0. The van der Waals surface area contributed by atoms with Crippen molar-refractivity contribution in [2.75, 3.05) is 0 Å². The Morgan fingerprint density at radius 2 is 2.00 bits per heavy atom. The van der Waals surface area contributed by atoms with Crippen molar-refractivity contribution in [2.45, 2.75) is 12.6 Å². The van der Waals surface area contributed by atoms with Gasteiger partial charge in [-0.25, -0.2) is 0 Å². The van der Waals surface area contributed by atoms with E-state index < -0.39 is 5.69 Å². The third-order valence-corrected chi connectivity index (χ3v) is 0. The lowest BCUT2D eigenvalue weighted by Crippen LogP contribution is -1.76. The molecule has 0 nitrogen and oxygen atoms in total. The molecule has 0 saturated carbocycles. The predicted molar refractivity (Wildman–Crippen MR) is 20.9 cm³/mol. The van der Waals surface area contributed by atoms with Gasteiger partial charge in [-0.2, -0.15) is 0 Å². The maximum atomic E-state index is 6.49. The van der Waals surface area contributed by atoms with Crippen molar-refractivity contribution in [3.8, 4) is 0 Å². The van der Waals surface area contributed by atoms with Crippen molar-refractivity contribution < 1.29 is 1.37 Å². The highest BCUT2D eigenvalue weighted by atomic mass is 13.5. The lowest BCUT2D eigenvalue weighted by molar-refractivity contribution is 1.36. The van der Waals surface area contributed by atoms with Crippen LogP contribution in [0.3, 0.4) is 0 Å². The van der Waals surface area contributed by atoms with Gasteiger partial charge in [0.05, 0.1) is 15.7 Å². The Hall–Kier alpha value is 0.130. The van der Waals surface area contributed by atoms with E-state index >= 15 is 0 Å². The Balaban J connectivity index is 3.02. The lowest BCUT2D eigenvalue weighted by Gasteiger charge is -1.78. The van der Waals surface area contributed by atoms with Crippen LogP contribution in [-0.2, 0) is 0 Å². The fourth-order valence-corrected chi connectivity index (χ4v) is 0. The molecule has 0 saturated heterocycles. The first kappa shape index (κ1) is 2.37. The van der Waals surface area contributed by atoms with Gasteiger partial charge in [-0.1, -0.05) is 6.92 Å². The van der Waals surface area contributed by atoms with Crippen LogP contribution in [-0.4, -0.2) is 15.7 Å². The first-order valence-corrected chi connectivity index (χ1v) is 1.08. The molecule has 0 spiro atoms. The van der Waals surface area contributed by atoms with Crippen LogP contribution in [0.25, 0.3) is 0 Å². The summed E-state index contributed by atoms with van der Waals surface area (Å²) in [6.07, 6.45) is 0. The summed E-state index contributed by atoms with van der Waals surface area (Å²) in [5.41, 5.74) is -1.25. The molecular weight excluding hydrogens is 45.6 g/mol. The summed E-state index contributed by atoms with van der Waals surface area (Å²) >= 11 is 0. The molecule has 0 bridgehead atoms. The molecule has 4 radical (unpaired) electrons. The molecule has 0 unspecified atom stereocenters. The summed E-state index contributed by atoms with van der Waals surface area (Å²) in [4.78, 5) is 0. The quantitative estimate of drug-likeness (QED) is 0.342. The molecule has 0 atom stereocenters. The van der Waals surface area contributed by atoms with Crippen molar-refractivity contribution in [3.05, 3.63) is 0 Å². The highest BCUT2D eigenvalue weighted by Crippen LogP contribution is 1.77. The van der Waals surface area contributed by atoms with Crippen LogP contribution in [0.5, 0.6) is 0 Å². The average molecular weight is 50.7 g/mol. The minimum Gasteiger partial charge on any atom is -0.112 e. The molecule has 0 fully saturated rings. The van der Waals surface area contributed by atoms with Crippen LogP contribution in [0.4, 0.5) is 0 Å². The van der Waals surface area contributed by atoms with Crippen LogP contribution >= 0.6 is 0 Å². The van der Waals surface area contributed by atoms with Gasteiger partial charge in [-0.15, -0.1) is 5.69 Å². The second kappa shape index (κ2) is 1.45. The molecule has 0 aliphatic carbocycles. The van der Waals surface area contributed by atoms with Crippen LogP contribution in [0.2, 0.25) is 5.69 Å². The average Bonchev–Trinajstić information content (AvgIpc) is 0.722. The smallest absolute Gasteiger partial charge is 0.0571 e. The standard InChI is InChI=1S/C2H4B2/c1-2(3)4/h2H,1H3/i2D. The van der Waals surface area contributed by atoms with Crippen molar-refractivity contribution >= 4 is 15.7 Å². The molecule has 0 aliphatic heterocycles. The summed E-state index contributed by atoms with van der Waals surface area (Å²) in [5, 5.41) is 0. The summed E-state index contributed by atoms with van der Waals surface area (Å²) in [6.45, 7) is 1.41. The highest BCUT2D eigenvalue weighted by molar-refractivity contribution is 6.34. The Labute approximate surface area is 30.8 Å². The molecule has 0 aromatic carbocycles. The van der Waals surface area contributed by atoms with Gasteiger partial charge in [-0.3, -0.25) is 0 Å². The Bertz CT molecular complexity index is 23.1. The van der Waals surface area contributed by atoms with E-state index in [-0.39, 0.29) is 0 Å². The fraction of sp³-hybridized carbons (Fsp3) is 1.00. The molecule has 0 heterocycles. The highest BCUT2D eigenvalue weighted by Gasteiger charge is 1.69. The molecular formula is C2H4B2. The maximum Gasteiger partial charge on any atom is 0.0571 e. The second-order valence-corrected chi connectivity index (χ2v) is 0.744. The summed E-state index contributed by atoms with van der Waals surface area (Å²) < 4.78 is 6.49. The Kier molecular flexibility index (Phi) is 0.859. The topological polar surface area (TPSA) is 0 Å². The third-order valence-electron chi connectivity index (χ3n) is 0. The van der Waals surface area contributed by atoms with Gasteiger partial charge in [0.2, 0.25) is 0 Å². The van der Waals surface area contributed by atoms with E-state index in [2.05, 4.69) is 0 Å². The molecule has 2 heteroatoms. The number of rotatable bonds is 0. The van der Waals surface area contributed by atoms with Crippen LogP contribution in [0, 0.1) is 0 Å². The van der Waals surface area contributed by atoms with E-state index in [1.54, 1.807) is 0 Å². The minimum atomic E-state index is -1.25. The fourth-order valence-electron chi connectivity index (χ4n) is 0. The molecule has 0 aliphatic rings. The van der Waals surface area contributed by atoms with Crippen LogP contribution < -0.4 is 0 Å². The predicted octanol–water partition coefficient (Wildman–Crippen LogP) is 0.0893. The van der Waals surface area contributed by atoms with Crippen molar-refractivity contribution in [3.63, 3.8) is 0 Å². The molecule has 0 aromatic heterocycles. The van der Waals surface area contributed by atoms with E-state index in [0.717, 1.165) is 0 Å². The second-order valence-electron chi connectivity index (χ2n) is 0.744. The van der Waals surface area contributed by atoms with E-state index in [1.807, 2.05) is 0 Å². The normalized spacial score (nSPS) is 14.8. The Morgan fingerprint density at radius 3 is 2.00 bits per heavy atom. The molecule has 0 N–H and O–H groups in total. The van der Waals surface area contributed by atoms with Gasteiger partial charge >= 0.3 is 0 Å². The van der Waals surface area contributed by atoms with Gasteiger partial charge in [-0.05, 0) is 0 Å². The summed E-state index contributed by atoms with van der Waals surface area (Å²) in [7, 11) is 9.60. The van der Waals surface area contributed by atoms with Gasteiger partial charge in [0.1, 0.15) is 0 Å². The molecule has 18 valence electrons. The van der Waals surface area contributed by atoms with Crippen molar-refractivity contribution in [2.24, 2.45) is 0 Å². The van der Waals surface area contributed by atoms with Crippen LogP contribution in [0.15, 0.2) is 0 Å². The third kappa shape index (κ3) is 161. The zero-order chi connectivity index (χ0) is 4.50. The first-order valence-electron chi connectivity index (χ1n) is 1.58. The van der Waals surface area contributed by atoms with E-state index in [0.29, 0.717) is 0 Å². The zero-order valence-electron chi connectivity index (χ0n) is 3.65. The van der Waals surface area contributed by atoms with Gasteiger partial charge < -0.3 is 0 Å². The molecule has 0 rings (SSSR count). The lowest BCUT2D eigenvalue weighted by atomic mass is 9.73. The zero-order valence-corrected chi connectivity index (χ0v) is 2.65. The van der Waals surface area contributed by atoms with Crippen LogP contribution in [0.1, 0.15) is 8.29 Å². The van der Waals surface area contributed by atoms with Gasteiger partial charge in [0.15, 0.2) is 0 Å². The SMILES string of the molecule is [2H]C([B])([B])C. The molecule has 4 heavy (non-hydrogen) atoms. The Morgan fingerprint density at radius 1 is 2.00 bits per heavy atom. The molecule has 0 aromatic rings. The summed E-state index contributed by atoms with van der Waals surface area (Å²) in [5.74, 6) is 0. The number of hydrogen-bond acceptors (Lipinski definition) is 0. The van der Waals surface area contributed by atoms with Gasteiger partial charge in [0, 0.05) is 1.37 Å². The molecule has 0 amide bonds. The monoisotopic (exact) mass is 51.1 g/mol. The minimum absolute atomic E-state index is 1.25. The van der Waals surface area contributed by atoms with Crippen molar-refractivity contribution in [1.29, 1.82) is 0 Å². The van der Waals surface area contributed by atoms with E-state index in [1.165, 1.54) is 6.92 Å². The maximum absolute atomic E-state index is 6.49. The van der Waals surface area contributed by atoms with Crippen molar-refractivity contribution in [1.82, 2.24) is 0 Å². The van der Waals surface area contributed by atoms with E-state index in [9.17, 15) is 0 Å². The largest absolute Gasteiger partial charge is 0.112 e. The van der Waals surface area contributed by atoms with Gasteiger partial charge in [0.25, 0.3) is 0 Å².